The molecule has 0 bridgehead atoms. The summed E-state index contributed by atoms with van der Waals surface area (Å²) in [5, 5.41) is 2.88. The fraction of sp³-hybridized carbons (Fsp3) is 0.250. The molecule has 8 heteroatoms. The number of thiocarbonyl (C=S) groups is 1. The van der Waals surface area contributed by atoms with Gasteiger partial charge in [-0.25, -0.2) is 0 Å². The van der Waals surface area contributed by atoms with Gasteiger partial charge < -0.3 is 5.32 Å². The molecule has 32 heavy (non-hydrogen) atoms. The van der Waals surface area contributed by atoms with Gasteiger partial charge in [0.05, 0.1) is 16.2 Å². The smallest absolute Gasteiger partial charge is 0.267 e. The van der Waals surface area contributed by atoms with E-state index in [4.69, 9.17) is 12.2 Å². The maximum absolute atomic E-state index is 13.4. The molecule has 2 aromatic rings. The highest BCUT2D eigenvalue weighted by molar-refractivity contribution is 8.26. The molecule has 1 saturated heterocycles. The molecule has 0 spiro atoms. The molecule has 6 nitrogen and oxygen atoms in total. The van der Waals surface area contributed by atoms with Crippen molar-refractivity contribution < 1.29 is 14.4 Å². The van der Waals surface area contributed by atoms with Crippen LogP contribution in [-0.4, -0.2) is 46.6 Å². The van der Waals surface area contributed by atoms with Gasteiger partial charge in [-0.3, -0.25) is 24.2 Å². The van der Waals surface area contributed by atoms with E-state index in [1.165, 1.54) is 9.80 Å². The van der Waals surface area contributed by atoms with Crippen molar-refractivity contribution in [1.29, 1.82) is 0 Å². The molecule has 3 amide bonds. The second-order valence-electron chi connectivity index (χ2n) is 7.52. The molecule has 1 fully saturated rings. The second-order valence-corrected chi connectivity index (χ2v) is 9.17. The van der Waals surface area contributed by atoms with Gasteiger partial charge in [-0.15, -0.1) is 0 Å². The number of rotatable bonds is 7. The van der Waals surface area contributed by atoms with Gasteiger partial charge in [0.15, 0.2) is 0 Å². The Labute approximate surface area is 196 Å². The van der Waals surface area contributed by atoms with Gasteiger partial charge in [0.25, 0.3) is 11.8 Å². The van der Waals surface area contributed by atoms with Crippen molar-refractivity contribution in [2.45, 2.75) is 19.8 Å². The largest absolute Gasteiger partial charge is 0.354 e. The van der Waals surface area contributed by atoms with E-state index in [-0.39, 0.29) is 24.3 Å². The third kappa shape index (κ3) is 4.33. The minimum Gasteiger partial charge on any atom is -0.354 e. The van der Waals surface area contributed by atoms with E-state index in [1.54, 1.807) is 6.07 Å². The number of fused-ring (bicyclic) bond motifs is 1. The van der Waals surface area contributed by atoms with Crippen molar-refractivity contribution in [1.82, 2.24) is 10.2 Å². The number of nitrogens with zero attached hydrogens (tertiary/aromatic N) is 2. The highest BCUT2D eigenvalue weighted by Crippen LogP contribution is 2.44. The molecular weight excluding hydrogens is 442 g/mol. The van der Waals surface area contributed by atoms with Crippen LogP contribution < -0.4 is 10.2 Å². The summed E-state index contributed by atoms with van der Waals surface area (Å²) >= 11 is 6.52. The summed E-state index contributed by atoms with van der Waals surface area (Å²) in [6.45, 7) is 2.86. The number of para-hydroxylation sites is 1. The van der Waals surface area contributed by atoms with Crippen LogP contribution in [0.15, 0.2) is 59.5 Å². The minimum atomic E-state index is -0.346. The van der Waals surface area contributed by atoms with E-state index in [9.17, 15) is 14.4 Å². The first kappa shape index (κ1) is 22.2. The molecule has 0 saturated carbocycles. The van der Waals surface area contributed by atoms with Crippen LogP contribution in [0.2, 0.25) is 0 Å². The molecule has 1 N–H and O–H groups in total. The summed E-state index contributed by atoms with van der Waals surface area (Å²) in [6, 6.07) is 17.1. The lowest BCUT2D eigenvalue weighted by Crippen LogP contribution is -2.39. The Hall–Kier alpha value is -2.97. The number of hydrogen-bond acceptors (Lipinski definition) is 5. The van der Waals surface area contributed by atoms with Gasteiger partial charge in [-0.05, 0) is 24.5 Å². The van der Waals surface area contributed by atoms with E-state index in [1.807, 2.05) is 55.5 Å². The molecule has 2 aliphatic heterocycles. The van der Waals surface area contributed by atoms with Gasteiger partial charge in [-0.2, -0.15) is 0 Å². The number of benzene rings is 2. The summed E-state index contributed by atoms with van der Waals surface area (Å²) < 4.78 is 0.460. The number of hydrogen-bond donors (Lipinski definition) is 1. The first-order chi connectivity index (χ1) is 15.5. The Morgan fingerprint density at radius 3 is 2.47 bits per heavy atom. The van der Waals surface area contributed by atoms with E-state index >= 15 is 0 Å². The molecular formula is C24H23N3O3S2. The molecule has 0 aliphatic carbocycles. The van der Waals surface area contributed by atoms with Crippen LogP contribution in [0.1, 0.15) is 24.5 Å². The number of carbonyl (C=O) groups excluding carboxylic acids is 3. The van der Waals surface area contributed by atoms with E-state index < -0.39 is 0 Å². The van der Waals surface area contributed by atoms with Gasteiger partial charge in [0, 0.05) is 18.7 Å². The predicted molar refractivity (Wildman–Crippen MR) is 131 cm³/mol. The van der Waals surface area contributed by atoms with Crippen molar-refractivity contribution in [3.05, 3.63) is 70.6 Å². The quantitative estimate of drug-likeness (QED) is 0.502. The van der Waals surface area contributed by atoms with Crippen LogP contribution in [0.25, 0.3) is 5.57 Å². The van der Waals surface area contributed by atoms with Crippen molar-refractivity contribution in [3.8, 4) is 0 Å². The lowest BCUT2D eigenvalue weighted by molar-refractivity contribution is -0.122. The van der Waals surface area contributed by atoms with E-state index in [0.717, 1.165) is 23.7 Å². The standard InChI is InChI=1S/C24H23N3O3S2/c1-2-14-26-23(30)21(32-24(26)31)20-17-10-6-7-11-18(17)27(22(20)29)15-19(28)25-13-12-16-8-4-3-5-9-16/h3-11H,2,12-15H2,1H3,(H,25,28)/b21-20-. The zero-order chi connectivity index (χ0) is 22.7. The van der Waals surface area contributed by atoms with Gasteiger partial charge in [-0.1, -0.05) is 79.4 Å². The maximum atomic E-state index is 13.4. The first-order valence-electron chi connectivity index (χ1n) is 10.5. The highest BCUT2D eigenvalue weighted by Gasteiger charge is 2.42. The molecule has 2 aliphatic rings. The average molecular weight is 466 g/mol. The Balaban J connectivity index is 1.52. The minimum absolute atomic E-state index is 0.108. The molecule has 4 rings (SSSR count). The zero-order valence-corrected chi connectivity index (χ0v) is 19.3. The third-order valence-corrected chi connectivity index (χ3v) is 6.78. The normalized spacial score (nSPS) is 17.8. The number of nitrogens with one attached hydrogen (secondary N) is 1. The number of carbonyl (C=O) groups is 3. The summed E-state index contributed by atoms with van der Waals surface area (Å²) in [5.74, 6) is -0.834. The topological polar surface area (TPSA) is 69.7 Å². The average Bonchev–Trinajstić information content (AvgIpc) is 3.22. The van der Waals surface area contributed by atoms with E-state index in [0.29, 0.717) is 45.6 Å². The molecule has 2 aromatic carbocycles. The van der Waals surface area contributed by atoms with Crippen LogP contribution in [0.4, 0.5) is 5.69 Å². The fourth-order valence-electron chi connectivity index (χ4n) is 3.81. The summed E-state index contributed by atoms with van der Waals surface area (Å²) in [6.07, 6.45) is 1.48. The Morgan fingerprint density at radius 2 is 1.72 bits per heavy atom. The lowest BCUT2D eigenvalue weighted by atomic mass is 10.1. The number of amides is 3. The Kier molecular flexibility index (Phi) is 6.72. The predicted octanol–water partition coefficient (Wildman–Crippen LogP) is 3.37. The van der Waals surface area contributed by atoms with Crippen molar-refractivity contribution in [3.63, 3.8) is 0 Å². The molecule has 0 radical (unpaired) electrons. The van der Waals surface area contributed by atoms with Crippen LogP contribution in [0, 0.1) is 0 Å². The number of thioether (sulfide) groups is 1. The molecule has 0 aromatic heterocycles. The Bertz CT molecular complexity index is 1110. The van der Waals surface area contributed by atoms with Crippen molar-refractivity contribution >= 4 is 57.3 Å². The fourth-order valence-corrected chi connectivity index (χ4v) is 5.19. The van der Waals surface area contributed by atoms with Crippen molar-refractivity contribution in [2.75, 3.05) is 24.5 Å². The molecule has 0 atom stereocenters. The highest BCUT2D eigenvalue weighted by atomic mass is 32.2. The van der Waals surface area contributed by atoms with Crippen LogP contribution in [-0.2, 0) is 20.8 Å². The van der Waals surface area contributed by atoms with Crippen LogP contribution in [0.5, 0.6) is 0 Å². The third-order valence-electron chi connectivity index (χ3n) is 5.33. The SMILES string of the molecule is CCCN1C(=O)/C(=C2/C(=O)N(CC(=O)NCCc3ccccc3)c3ccccc32)SC1=S. The zero-order valence-electron chi connectivity index (χ0n) is 17.7. The van der Waals surface area contributed by atoms with Gasteiger partial charge >= 0.3 is 0 Å². The lowest BCUT2D eigenvalue weighted by Gasteiger charge is -2.16. The van der Waals surface area contributed by atoms with Crippen molar-refractivity contribution in [2.24, 2.45) is 0 Å². The molecule has 2 heterocycles. The van der Waals surface area contributed by atoms with Crippen LogP contribution >= 0.6 is 24.0 Å². The number of anilines is 1. The first-order valence-corrected chi connectivity index (χ1v) is 11.7. The summed E-state index contributed by atoms with van der Waals surface area (Å²) in [5.41, 5.74) is 2.75. The van der Waals surface area contributed by atoms with Gasteiger partial charge in [0.1, 0.15) is 10.9 Å². The van der Waals surface area contributed by atoms with Gasteiger partial charge in [0.2, 0.25) is 5.91 Å². The Morgan fingerprint density at radius 1 is 1.00 bits per heavy atom. The maximum Gasteiger partial charge on any atom is 0.267 e. The summed E-state index contributed by atoms with van der Waals surface area (Å²) in [7, 11) is 0. The summed E-state index contributed by atoms with van der Waals surface area (Å²) in [4.78, 5) is 42.2. The molecule has 0 unspecified atom stereocenters. The second kappa shape index (κ2) is 9.67. The van der Waals surface area contributed by atoms with Crippen LogP contribution in [0.3, 0.4) is 0 Å². The van der Waals surface area contributed by atoms with E-state index in [2.05, 4.69) is 5.32 Å². The monoisotopic (exact) mass is 465 g/mol. The molecule has 164 valence electrons.